The number of nitrogens with one attached hydrogen (secondary N) is 1. The lowest BCUT2D eigenvalue weighted by atomic mass is 10.4. The average molecular weight is 248 g/mol. The molecule has 0 atom stereocenters. The Balaban J connectivity index is 3.97. The van der Waals surface area contributed by atoms with E-state index in [-0.39, 0.29) is 32.7 Å². The minimum atomic E-state index is -1.06. The molecule has 0 unspecified atom stereocenters. The van der Waals surface area contributed by atoms with Gasteiger partial charge in [-0.25, -0.2) is 0 Å². The summed E-state index contributed by atoms with van der Waals surface area (Å²) in [5, 5.41) is 19.6. The zero-order chi connectivity index (χ0) is 13.3. The van der Waals surface area contributed by atoms with Gasteiger partial charge in [0.2, 0.25) is 0 Å². The first kappa shape index (κ1) is 15.3. The molecular formula is C9H16N2O6. The van der Waals surface area contributed by atoms with Gasteiger partial charge in [-0.05, 0) is 0 Å². The van der Waals surface area contributed by atoms with Gasteiger partial charge in [-0.3, -0.25) is 19.3 Å². The first-order valence-corrected chi connectivity index (χ1v) is 4.89. The maximum atomic E-state index is 11.0. The lowest BCUT2D eigenvalue weighted by molar-refractivity contribution is -0.144. The fourth-order valence-corrected chi connectivity index (χ4v) is 1.08. The maximum absolute atomic E-state index is 11.0. The summed E-state index contributed by atoms with van der Waals surface area (Å²) in [5.41, 5.74) is 0. The van der Waals surface area contributed by atoms with Gasteiger partial charge in [0.05, 0.1) is 26.7 Å². The third kappa shape index (κ3) is 9.27. The zero-order valence-corrected chi connectivity index (χ0v) is 9.51. The van der Waals surface area contributed by atoms with Crippen LogP contribution in [0.5, 0.6) is 0 Å². The average Bonchev–Trinajstić information content (AvgIpc) is 2.22. The molecule has 0 aliphatic rings. The molecule has 0 heterocycles. The molecule has 8 heteroatoms. The Hall–Kier alpha value is -1.67. The van der Waals surface area contributed by atoms with E-state index in [9.17, 15) is 14.4 Å². The summed E-state index contributed by atoms with van der Waals surface area (Å²) >= 11 is 0. The Bertz CT molecular complexity index is 281. The molecule has 17 heavy (non-hydrogen) atoms. The van der Waals surface area contributed by atoms with Crippen LogP contribution in [0.2, 0.25) is 0 Å². The third-order valence-corrected chi connectivity index (χ3v) is 1.82. The van der Waals surface area contributed by atoms with Gasteiger partial charge in [0.25, 0.3) is 0 Å². The van der Waals surface area contributed by atoms with Crippen molar-refractivity contribution in [1.82, 2.24) is 10.2 Å². The number of ether oxygens (including phenoxy) is 1. The summed E-state index contributed by atoms with van der Waals surface area (Å²) in [4.78, 5) is 33.0. The number of nitrogens with zero attached hydrogens (tertiary/aromatic N) is 1. The highest BCUT2D eigenvalue weighted by molar-refractivity contribution is 5.73. The fourth-order valence-electron chi connectivity index (χ4n) is 1.08. The first-order valence-electron chi connectivity index (χ1n) is 4.89. The Kier molecular flexibility index (Phi) is 7.65. The molecule has 8 nitrogen and oxygen atoms in total. The molecule has 3 N–H and O–H groups in total. The van der Waals surface area contributed by atoms with Crippen LogP contribution in [0.1, 0.15) is 0 Å². The van der Waals surface area contributed by atoms with E-state index in [2.05, 4.69) is 10.1 Å². The van der Waals surface area contributed by atoms with Crippen molar-refractivity contribution in [3.8, 4) is 0 Å². The molecule has 0 aliphatic carbocycles. The number of carboxylic acid groups (broad SMARTS) is 2. The van der Waals surface area contributed by atoms with Crippen molar-refractivity contribution < 1.29 is 29.3 Å². The van der Waals surface area contributed by atoms with E-state index in [0.717, 1.165) is 0 Å². The van der Waals surface area contributed by atoms with Gasteiger partial charge in [-0.2, -0.15) is 0 Å². The number of aliphatic carboxylic acids is 2. The van der Waals surface area contributed by atoms with E-state index in [1.54, 1.807) is 0 Å². The van der Waals surface area contributed by atoms with Crippen molar-refractivity contribution in [2.24, 2.45) is 0 Å². The Morgan fingerprint density at radius 2 is 1.82 bits per heavy atom. The van der Waals surface area contributed by atoms with E-state index in [1.165, 1.54) is 12.0 Å². The zero-order valence-electron chi connectivity index (χ0n) is 9.51. The van der Waals surface area contributed by atoms with E-state index in [0.29, 0.717) is 0 Å². The van der Waals surface area contributed by atoms with E-state index < -0.39 is 17.9 Å². The smallest absolute Gasteiger partial charge is 0.319 e. The van der Waals surface area contributed by atoms with Crippen molar-refractivity contribution in [2.75, 3.05) is 39.8 Å². The van der Waals surface area contributed by atoms with Gasteiger partial charge in [0, 0.05) is 13.1 Å². The van der Waals surface area contributed by atoms with Crippen molar-refractivity contribution >= 4 is 17.9 Å². The van der Waals surface area contributed by atoms with Crippen LogP contribution in [0.15, 0.2) is 0 Å². The molecule has 0 aromatic carbocycles. The minimum absolute atomic E-state index is 0.141. The number of esters is 1. The second kappa shape index (κ2) is 8.48. The standard InChI is InChI=1S/C9H16N2O6/c1-17-9(16)6-11(5-8(14)15)3-2-10-4-7(12)13/h10H,2-6H2,1H3,(H,12,13)(H,14,15). The van der Waals surface area contributed by atoms with Crippen LogP contribution in [0.4, 0.5) is 0 Å². The number of carboxylic acids is 2. The molecule has 0 rings (SSSR count). The Labute approximate surface area is 98.2 Å². The summed E-state index contributed by atoms with van der Waals surface area (Å²) in [6, 6.07) is 0. The summed E-state index contributed by atoms with van der Waals surface area (Å²) in [5.74, 6) is -2.60. The number of methoxy groups -OCH3 is 1. The van der Waals surface area contributed by atoms with Gasteiger partial charge in [0.15, 0.2) is 0 Å². The number of rotatable bonds is 9. The molecule has 0 spiro atoms. The second-order valence-electron chi connectivity index (χ2n) is 3.25. The highest BCUT2D eigenvalue weighted by atomic mass is 16.5. The van der Waals surface area contributed by atoms with Gasteiger partial charge < -0.3 is 20.3 Å². The predicted octanol–water partition coefficient (Wildman–Crippen LogP) is -1.78. The van der Waals surface area contributed by atoms with Crippen LogP contribution in [-0.4, -0.2) is 72.9 Å². The molecule has 0 bridgehead atoms. The third-order valence-electron chi connectivity index (χ3n) is 1.82. The van der Waals surface area contributed by atoms with Gasteiger partial charge in [-0.15, -0.1) is 0 Å². The minimum Gasteiger partial charge on any atom is -0.480 e. The second-order valence-corrected chi connectivity index (χ2v) is 3.25. The van der Waals surface area contributed by atoms with Crippen LogP contribution in [0.25, 0.3) is 0 Å². The van der Waals surface area contributed by atoms with Crippen LogP contribution >= 0.6 is 0 Å². The molecule has 98 valence electrons. The molecule has 0 fully saturated rings. The summed E-state index contributed by atoms with van der Waals surface area (Å²) in [6.45, 7) is -0.133. The molecular weight excluding hydrogens is 232 g/mol. The van der Waals surface area contributed by atoms with Crippen molar-refractivity contribution in [3.63, 3.8) is 0 Å². The largest absolute Gasteiger partial charge is 0.480 e. The summed E-state index contributed by atoms with van der Waals surface area (Å²) in [7, 11) is 1.21. The molecule has 0 saturated carbocycles. The van der Waals surface area contributed by atoms with Gasteiger partial charge >= 0.3 is 17.9 Å². The normalized spacial score (nSPS) is 10.2. The predicted molar refractivity (Wildman–Crippen MR) is 56.6 cm³/mol. The lowest BCUT2D eigenvalue weighted by Gasteiger charge is -2.18. The Morgan fingerprint density at radius 3 is 2.29 bits per heavy atom. The molecule has 0 amide bonds. The van der Waals surface area contributed by atoms with Crippen LogP contribution in [0, 0.1) is 0 Å². The Morgan fingerprint density at radius 1 is 1.18 bits per heavy atom. The highest BCUT2D eigenvalue weighted by Crippen LogP contribution is 1.89. The number of carbonyl (C=O) groups excluding carboxylic acids is 1. The van der Waals surface area contributed by atoms with Crippen molar-refractivity contribution in [1.29, 1.82) is 0 Å². The van der Waals surface area contributed by atoms with Crippen LogP contribution in [0.3, 0.4) is 0 Å². The quantitative estimate of drug-likeness (QED) is 0.324. The SMILES string of the molecule is COC(=O)CN(CCNCC(=O)O)CC(=O)O. The van der Waals surface area contributed by atoms with E-state index in [1.807, 2.05) is 0 Å². The van der Waals surface area contributed by atoms with Gasteiger partial charge in [0.1, 0.15) is 0 Å². The fraction of sp³-hybridized carbons (Fsp3) is 0.667. The topological polar surface area (TPSA) is 116 Å². The molecule has 0 aliphatic heterocycles. The lowest BCUT2D eigenvalue weighted by Crippen LogP contribution is -2.40. The molecule has 0 aromatic heterocycles. The van der Waals surface area contributed by atoms with Crippen LogP contribution in [-0.2, 0) is 19.1 Å². The maximum Gasteiger partial charge on any atom is 0.319 e. The molecule has 0 aromatic rings. The number of hydrogen-bond acceptors (Lipinski definition) is 6. The number of hydrogen-bond donors (Lipinski definition) is 3. The first-order chi connectivity index (χ1) is 7.95. The highest BCUT2D eigenvalue weighted by Gasteiger charge is 2.13. The van der Waals surface area contributed by atoms with E-state index in [4.69, 9.17) is 10.2 Å². The van der Waals surface area contributed by atoms with Crippen molar-refractivity contribution in [2.45, 2.75) is 0 Å². The van der Waals surface area contributed by atoms with E-state index >= 15 is 0 Å². The van der Waals surface area contributed by atoms with Crippen LogP contribution < -0.4 is 5.32 Å². The molecule has 0 saturated heterocycles. The molecule has 0 radical (unpaired) electrons. The number of carbonyl (C=O) groups is 3. The van der Waals surface area contributed by atoms with Gasteiger partial charge in [-0.1, -0.05) is 0 Å². The monoisotopic (exact) mass is 248 g/mol. The summed E-state index contributed by atoms with van der Waals surface area (Å²) in [6.07, 6.45) is 0. The van der Waals surface area contributed by atoms with Crippen molar-refractivity contribution in [3.05, 3.63) is 0 Å². The summed E-state index contributed by atoms with van der Waals surface area (Å²) < 4.78 is 4.42.